The molecule has 0 aliphatic carbocycles. The molecular formula is C13H22N3O9P. The molecule has 0 radical (unpaired) electrons. The van der Waals surface area contributed by atoms with E-state index in [1.165, 1.54) is 13.8 Å². The van der Waals surface area contributed by atoms with Gasteiger partial charge in [0.05, 0.1) is 6.61 Å². The van der Waals surface area contributed by atoms with E-state index in [2.05, 4.69) is 15.2 Å². The topological polar surface area (TPSA) is 183 Å². The fourth-order valence-corrected chi connectivity index (χ4v) is 2.84. The molecule has 1 rings (SSSR count). The monoisotopic (exact) mass is 395 g/mol. The molecule has 3 amide bonds. The third-order valence-corrected chi connectivity index (χ3v) is 4.14. The van der Waals surface area contributed by atoms with Crippen molar-refractivity contribution < 1.29 is 43.2 Å². The van der Waals surface area contributed by atoms with Crippen LogP contribution in [0.15, 0.2) is 0 Å². The molecule has 1 fully saturated rings. The summed E-state index contributed by atoms with van der Waals surface area (Å²) in [6.45, 7) is 1.80. The second kappa shape index (κ2) is 9.08. The number of carbonyl (C=O) groups is 4. The highest BCUT2D eigenvalue weighted by molar-refractivity contribution is 7.46. The zero-order valence-electron chi connectivity index (χ0n) is 14.2. The first-order valence-electron chi connectivity index (χ1n) is 7.73. The Bertz CT molecular complexity index is 620. The maximum atomic E-state index is 12.6. The number of carboxylic acid groups (broad SMARTS) is 1. The normalized spacial score (nSPS) is 19.5. The fourth-order valence-electron chi connectivity index (χ4n) is 2.50. The largest absolute Gasteiger partial charge is 0.480 e. The molecule has 0 spiro atoms. The average Bonchev–Trinajstić information content (AvgIpc) is 2.98. The van der Waals surface area contributed by atoms with Gasteiger partial charge < -0.3 is 30.4 Å². The fraction of sp³-hybridized carbons (Fsp3) is 0.692. The first kappa shape index (κ1) is 22.0. The highest BCUT2D eigenvalue weighted by Crippen LogP contribution is 2.35. The van der Waals surface area contributed by atoms with Crippen molar-refractivity contribution in [1.82, 2.24) is 15.5 Å². The number of nitrogens with zero attached hydrogens (tertiary/aromatic N) is 1. The van der Waals surface area contributed by atoms with Gasteiger partial charge in [-0.15, -0.1) is 0 Å². The lowest BCUT2D eigenvalue weighted by Crippen LogP contribution is -2.56. The predicted octanol–water partition coefficient (Wildman–Crippen LogP) is -1.82. The Labute approximate surface area is 149 Å². The molecule has 0 bridgehead atoms. The lowest BCUT2D eigenvalue weighted by Gasteiger charge is -2.28. The quantitative estimate of drug-likeness (QED) is 0.295. The molecule has 148 valence electrons. The molecule has 12 nitrogen and oxygen atoms in total. The molecule has 0 aromatic heterocycles. The second-order valence-corrected chi connectivity index (χ2v) is 7.04. The van der Waals surface area contributed by atoms with Crippen molar-refractivity contribution in [3.8, 4) is 0 Å². The van der Waals surface area contributed by atoms with E-state index >= 15 is 0 Å². The molecule has 0 saturated carbocycles. The number of hydrogen-bond acceptors (Lipinski definition) is 6. The van der Waals surface area contributed by atoms with Crippen LogP contribution in [-0.2, 0) is 28.3 Å². The average molecular weight is 395 g/mol. The number of aliphatic carboxylic acids is 1. The van der Waals surface area contributed by atoms with Gasteiger partial charge in [0.15, 0.2) is 0 Å². The number of phosphoric acid groups is 1. The summed E-state index contributed by atoms with van der Waals surface area (Å²) in [5.74, 6) is -3.35. The number of hydrogen-bond donors (Lipinski definition) is 5. The van der Waals surface area contributed by atoms with Crippen LogP contribution in [-0.4, -0.2) is 74.8 Å². The van der Waals surface area contributed by atoms with Crippen LogP contribution >= 0.6 is 7.82 Å². The Morgan fingerprint density at radius 3 is 2.38 bits per heavy atom. The molecule has 1 aliphatic heterocycles. The molecule has 13 heteroatoms. The molecule has 0 aromatic carbocycles. The molecule has 3 atom stereocenters. The Kier molecular flexibility index (Phi) is 7.69. The zero-order chi connectivity index (χ0) is 20.1. The highest BCUT2D eigenvalue weighted by atomic mass is 31.2. The lowest BCUT2D eigenvalue weighted by atomic mass is 10.2. The van der Waals surface area contributed by atoms with E-state index in [1.54, 1.807) is 0 Å². The van der Waals surface area contributed by atoms with E-state index in [9.17, 15) is 23.7 Å². The Balaban J connectivity index is 2.91. The van der Waals surface area contributed by atoms with Crippen LogP contribution in [0.2, 0.25) is 0 Å². The van der Waals surface area contributed by atoms with Crippen molar-refractivity contribution in [1.29, 1.82) is 0 Å². The van der Waals surface area contributed by atoms with E-state index < -0.39 is 56.2 Å². The first-order valence-corrected chi connectivity index (χ1v) is 9.26. The smallest absolute Gasteiger partial charge is 0.469 e. The van der Waals surface area contributed by atoms with Gasteiger partial charge in [-0.05, 0) is 19.8 Å². The standard InChI is InChI=1S/C13H22N3O9P/c1-7(14-8(2)17)11(18)15-9(6-25-26(22,23)24)12(19)16-5-3-4-10(16)13(20)21/h7,9-10H,3-6H2,1-2H3,(H,14,17)(H,15,18)(H,20,21)(H2,22,23,24)/t7-,9-,10-/m0/s1. The molecular weight excluding hydrogens is 373 g/mol. The van der Waals surface area contributed by atoms with Crippen molar-refractivity contribution in [2.75, 3.05) is 13.2 Å². The molecule has 1 heterocycles. The van der Waals surface area contributed by atoms with Crippen LogP contribution in [0.4, 0.5) is 0 Å². The maximum Gasteiger partial charge on any atom is 0.469 e. The number of likely N-dealkylation sites (tertiary alicyclic amines) is 1. The van der Waals surface area contributed by atoms with E-state index in [0.717, 1.165) is 4.90 Å². The van der Waals surface area contributed by atoms with Crippen LogP contribution in [0.1, 0.15) is 26.7 Å². The Hall–Kier alpha value is -2.01. The minimum absolute atomic E-state index is 0.124. The number of nitrogens with one attached hydrogen (secondary N) is 2. The summed E-state index contributed by atoms with van der Waals surface area (Å²) in [5, 5.41) is 13.7. The van der Waals surface area contributed by atoms with Crippen molar-refractivity contribution in [3.05, 3.63) is 0 Å². The number of rotatable bonds is 8. The summed E-state index contributed by atoms with van der Waals surface area (Å²) in [4.78, 5) is 65.5. The first-order chi connectivity index (χ1) is 11.9. The van der Waals surface area contributed by atoms with Gasteiger partial charge in [0, 0.05) is 13.5 Å². The highest BCUT2D eigenvalue weighted by Gasteiger charge is 2.38. The van der Waals surface area contributed by atoms with E-state index in [-0.39, 0.29) is 13.0 Å². The van der Waals surface area contributed by atoms with Gasteiger partial charge in [-0.1, -0.05) is 0 Å². The van der Waals surface area contributed by atoms with E-state index in [1.807, 2.05) is 0 Å². The summed E-state index contributed by atoms with van der Waals surface area (Å²) in [6.07, 6.45) is 0.661. The third-order valence-electron chi connectivity index (χ3n) is 3.66. The second-order valence-electron chi connectivity index (χ2n) is 5.80. The maximum absolute atomic E-state index is 12.6. The van der Waals surface area contributed by atoms with Gasteiger partial charge in [0.2, 0.25) is 17.7 Å². The van der Waals surface area contributed by atoms with Gasteiger partial charge in [-0.25, -0.2) is 9.36 Å². The molecule has 0 aromatic rings. The van der Waals surface area contributed by atoms with Crippen LogP contribution in [0.3, 0.4) is 0 Å². The summed E-state index contributed by atoms with van der Waals surface area (Å²) >= 11 is 0. The van der Waals surface area contributed by atoms with Crippen LogP contribution in [0.5, 0.6) is 0 Å². The molecule has 1 aliphatic rings. The zero-order valence-corrected chi connectivity index (χ0v) is 15.1. The minimum Gasteiger partial charge on any atom is -0.480 e. The summed E-state index contributed by atoms with van der Waals surface area (Å²) in [6, 6.07) is -3.64. The summed E-state index contributed by atoms with van der Waals surface area (Å²) < 4.78 is 15.2. The van der Waals surface area contributed by atoms with E-state index in [4.69, 9.17) is 14.9 Å². The van der Waals surface area contributed by atoms with E-state index in [0.29, 0.717) is 6.42 Å². The van der Waals surface area contributed by atoms with Crippen LogP contribution in [0, 0.1) is 0 Å². The predicted molar refractivity (Wildman–Crippen MR) is 85.6 cm³/mol. The van der Waals surface area contributed by atoms with Crippen molar-refractivity contribution in [2.24, 2.45) is 0 Å². The van der Waals surface area contributed by atoms with Crippen LogP contribution in [0.25, 0.3) is 0 Å². The Morgan fingerprint density at radius 2 is 1.88 bits per heavy atom. The molecule has 26 heavy (non-hydrogen) atoms. The minimum atomic E-state index is -4.92. The molecule has 0 unspecified atom stereocenters. The number of phosphoric ester groups is 1. The van der Waals surface area contributed by atoms with Crippen LogP contribution < -0.4 is 10.6 Å². The van der Waals surface area contributed by atoms with Gasteiger partial charge in [0.25, 0.3) is 0 Å². The Morgan fingerprint density at radius 1 is 1.27 bits per heavy atom. The van der Waals surface area contributed by atoms with Crippen molar-refractivity contribution in [3.63, 3.8) is 0 Å². The summed E-state index contributed by atoms with van der Waals surface area (Å²) in [5.41, 5.74) is 0. The lowest BCUT2D eigenvalue weighted by molar-refractivity contribution is -0.150. The SMILES string of the molecule is CC(=O)N[C@@H](C)C(=O)N[C@@H](COP(=O)(O)O)C(=O)N1CCC[C@H]1C(=O)O. The van der Waals surface area contributed by atoms with Gasteiger partial charge in [-0.2, -0.15) is 0 Å². The summed E-state index contributed by atoms with van der Waals surface area (Å²) in [7, 11) is -4.92. The number of carboxylic acids is 1. The molecule has 5 N–H and O–H groups in total. The number of amides is 3. The number of carbonyl (C=O) groups excluding carboxylic acids is 3. The van der Waals surface area contributed by atoms with Gasteiger partial charge >= 0.3 is 13.8 Å². The van der Waals surface area contributed by atoms with Gasteiger partial charge in [0.1, 0.15) is 18.1 Å². The van der Waals surface area contributed by atoms with Crippen molar-refractivity contribution in [2.45, 2.75) is 44.8 Å². The molecule has 1 saturated heterocycles. The third kappa shape index (κ3) is 6.71. The van der Waals surface area contributed by atoms with Crippen molar-refractivity contribution >= 4 is 31.5 Å². The van der Waals surface area contributed by atoms with Gasteiger partial charge in [-0.3, -0.25) is 18.9 Å².